The molecule has 1 aromatic rings. The van der Waals surface area contributed by atoms with Gasteiger partial charge in [0.25, 0.3) is 0 Å². The van der Waals surface area contributed by atoms with Gasteiger partial charge in [0.05, 0.1) is 6.04 Å². The summed E-state index contributed by atoms with van der Waals surface area (Å²) >= 11 is 1.64. The third-order valence-corrected chi connectivity index (χ3v) is 3.72. The molecule has 1 saturated heterocycles. The molecule has 2 N–H and O–H groups in total. The summed E-state index contributed by atoms with van der Waals surface area (Å²) in [4.78, 5) is 20.2. The summed E-state index contributed by atoms with van der Waals surface area (Å²) in [5, 5.41) is 3.02. The van der Waals surface area contributed by atoms with Crippen LogP contribution in [0.4, 0.5) is 5.13 Å². The standard InChI is InChI=1S/C11H18N4OS/c1-9(12)10(16)14-4-2-5-15(7-6-14)11-13-3-8-17-11/h3,8-9H,2,4-7,12H2,1H3/t9-/m1/s1. The van der Waals surface area contributed by atoms with Crippen molar-refractivity contribution in [2.24, 2.45) is 5.73 Å². The second-order valence-corrected chi connectivity index (χ2v) is 5.14. The van der Waals surface area contributed by atoms with Crippen molar-refractivity contribution >= 4 is 22.4 Å². The zero-order chi connectivity index (χ0) is 12.3. The van der Waals surface area contributed by atoms with Crippen molar-refractivity contribution in [1.82, 2.24) is 9.88 Å². The fourth-order valence-electron chi connectivity index (χ4n) is 1.99. The van der Waals surface area contributed by atoms with Gasteiger partial charge in [0.15, 0.2) is 5.13 Å². The van der Waals surface area contributed by atoms with E-state index in [2.05, 4.69) is 9.88 Å². The minimum Gasteiger partial charge on any atom is -0.346 e. The van der Waals surface area contributed by atoms with Gasteiger partial charge < -0.3 is 15.5 Å². The first-order valence-electron chi connectivity index (χ1n) is 5.87. The minimum atomic E-state index is -0.401. The van der Waals surface area contributed by atoms with Gasteiger partial charge in [0, 0.05) is 37.8 Å². The van der Waals surface area contributed by atoms with E-state index in [1.165, 1.54) is 0 Å². The maximum absolute atomic E-state index is 11.8. The van der Waals surface area contributed by atoms with Crippen LogP contribution in [-0.4, -0.2) is 48.0 Å². The van der Waals surface area contributed by atoms with E-state index < -0.39 is 6.04 Å². The summed E-state index contributed by atoms with van der Waals surface area (Å²) in [6, 6.07) is -0.401. The van der Waals surface area contributed by atoms with Crippen LogP contribution in [0.1, 0.15) is 13.3 Å². The molecule has 1 aliphatic rings. The lowest BCUT2D eigenvalue weighted by molar-refractivity contribution is -0.131. The van der Waals surface area contributed by atoms with Crippen molar-refractivity contribution in [2.45, 2.75) is 19.4 Å². The van der Waals surface area contributed by atoms with Gasteiger partial charge in [-0.05, 0) is 13.3 Å². The second kappa shape index (κ2) is 5.46. The summed E-state index contributed by atoms with van der Waals surface area (Å²) in [5.41, 5.74) is 5.63. The number of anilines is 1. The molecule has 1 aromatic heterocycles. The number of nitrogens with zero attached hydrogens (tertiary/aromatic N) is 3. The number of aromatic nitrogens is 1. The number of hydrogen-bond acceptors (Lipinski definition) is 5. The molecule has 94 valence electrons. The Labute approximate surface area is 105 Å². The van der Waals surface area contributed by atoms with Crippen molar-refractivity contribution in [3.8, 4) is 0 Å². The largest absolute Gasteiger partial charge is 0.346 e. The number of rotatable bonds is 2. The minimum absolute atomic E-state index is 0.0472. The number of carbonyl (C=O) groups is 1. The molecule has 0 bridgehead atoms. The highest BCUT2D eigenvalue weighted by Gasteiger charge is 2.21. The molecule has 1 atom stereocenters. The quantitative estimate of drug-likeness (QED) is 0.836. The van der Waals surface area contributed by atoms with Crippen LogP contribution in [0, 0.1) is 0 Å². The summed E-state index contributed by atoms with van der Waals surface area (Å²) in [7, 11) is 0. The Bertz CT molecular complexity index is 366. The van der Waals surface area contributed by atoms with Crippen LogP contribution < -0.4 is 10.6 Å². The van der Waals surface area contributed by atoms with Crippen molar-refractivity contribution in [3.63, 3.8) is 0 Å². The molecule has 17 heavy (non-hydrogen) atoms. The topological polar surface area (TPSA) is 62.5 Å². The highest BCUT2D eigenvalue weighted by atomic mass is 32.1. The van der Waals surface area contributed by atoms with Crippen molar-refractivity contribution in [3.05, 3.63) is 11.6 Å². The molecule has 2 rings (SSSR count). The monoisotopic (exact) mass is 254 g/mol. The van der Waals surface area contributed by atoms with Gasteiger partial charge in [0.2, 0.25) is 5.91 Å². The first kappa shape index (κ1) is 12.3. The summed E-state index contributed by atoms with van der Waals surface area (Å²) in [6.07, 6.45) is 2.79. The summed E-state index contributed by atoms with van der Waals surface area (Å²) in [6.45, 7) is 5.07. The molecule has 1 amide bonds. The fourth-order valence-corrected chi connectivity index (χ4v) is 2.69. The lowest BCUT2D eigenvalue weighted by atomic mass is 10.3. The van der Waals surface area contributed by atoms with Crippen LogP contribution in [0.5, 0.6) is 0 Å². The third kappa shape index (κ3) is 2.95. The average Bonchev–Trinajstić information content (AvgIpc) is 2.73. The fraction of sp³-hybridized carbons (Fsp3) is 0.636. The van der Waals surface area contributed by atoms with E-state index in [1.54, 1.807) is 18.3 Å². The van der Waals surface area contributed by atoms with Gasteiger partial charge >= 0.3 is 0 Å². The Morgan fingerprint density at radius 2 is 2.29 bits per heavy atom. The van der Waals surface area contributed by atoms with Crippen LogP contribution >= 0.6 is 11.3 Å². The van der Waals surface area contributed by atoms with Gasteiger partial charge in [0.1, 0.15) is 0 Å². The Morgan fingerprint density at radius 1 is 1.47 bits per heavy atom. The van der Waals surface area contributed by atoms with Crippen LogP contribution in [0.25, 0.3) is 0 Å². The summed E-state index contributed by atoms with van der Waals surface area (Å²) in [5.74, 6) is 0.0472. The SMILES string of the molecule is C[C@@H](N)C(=O)N1CCCN(c2nccs2)CC1. The van der Waals surface area contributed by atoms with E-state index in [4.69, 9.17) is 5.73 Å². The highest BCUT2D eigenvalue weighted by Crippen LogP contribution is 2.19. The van der Waals surface area contributed by atoms with Gasteiger partial charge in [-0.1, -0.05) is 0 Å². The van der Waals surface area contributed by atoms with Gasteiger partial charge in [-0.15, -0.1) is 11.3 Å². The molecular formula is C11H18N4OS. The second-order valence-electron chi connectivity index (χ2n) is 4.27. The molecule has 5 nitrogen and oxygen atoms in total. The first-order valence-corrected chi connectivity index (χ1v) is 6.75. The Balaban J connectivity index is 1.96. The average molecular weight is 254 g/mol. The van der Waals surface area contributed by atoms with E-state index in [0.29, 0.717) is 0 Å². The molecule has 1 fully saturated rings. The molecule has 0 radical (unpaired) electrons. The van der Waals surface area contributed by atoms with E-state index in [-0.39, 0.29) is 5.91 Å². The highest BCUT2D eigenvalue weighted by molar-refractivity contribution is 7.13. The number of nitrogens with two attached hydrogens (primary N) is 1. The lowest BCUT2D eigenvalue weighted by Crippen LogP contribution is -2.43. The zero-order valence-corrected chi connectivity index (χ0v) is 10.8. The predicted molar refractivity (Wildman–Crippen MR) is 69.2 cm³/mol. The van der Waals surface area contributed by atoms with Gasteiger partial charge in [-0.25, -0.2) is 4.98 Å². The Kier molecular flexibility index (Phi) is 3.96. The molecule has 0 saturated carbocycles. The number of hydrogen-bond donors (Lipinski definition) is 1. The lowest BCUT2D eigenvalue weighted by Gasteiger charge is -2.23. The maximum atomic E-state index is 11.8. The van der Waals surface area contributed by atoms with Crippen molar-refractivity contribution in [2.75, 3.05) is 31.1 Å². The Morgan fingerprint density at radius 3 is 2.94 bits per heavy atom. The van der Waals surface area contributed by atoms with Crippen LogP contribution in [0.2, 0.25) is 0 Å². The van der Waals surface area contributed by atoms with Gasteiger partial charge in [-0.3, -0.25) is 4.79 Å². The van der Waals surface area contributed by atoms with E-state index in [1.807, 2.05) is 16.5 Å². The molecular weight excluding hydrogens is 236 g/mol. The molecule has 1 aliphatic heterocycles. The number of thiazole rings is 1. The first-order chi connectivity index (χ1) is 8.18. The molecule has 6 heteroatoms. The number of amides is 1. The smallest absolute Gasteiger partial charge is 0.239 e. The van der Waals surface area contributed by atoms with Crippen molar-refractivity contribution in [1.29, 1.82) is 0 Å². The van der Waals surface area contributed by atoms with Crippen LogP contribution in [-0.2, 0) is 4.79 Å². The predicted octanol–water partition coefficient (Wildman–Crippen LogP) is 0.529. The van der Waals surface area contributed by atoms with E-state index in [9.17, 15) is 4.79 Å². The number of carbonyl (C=O) groups excluding carboxylic acids is 1. The Hall–Kier alpha value is -1.14. The normalized spacial score (nSPS) is 18.9. The zero-order valence-electron chi connectivity index (χ0n) is 10.0. The molecule has 0 aliphatic carbocycles. The molecule has 0 unspecified atom stereocenters. The third-order valence-electron chi connectivity index (χ3n) is 2.89. The van der Waals surface area contributed by atoms with E-state index >= 15 is 0 Å². The van der Waals surface area contributed by atoms with Crippen molar-refractivity contribution < 1.29 is 4.79 Å². The van der Waals surface area contributed by atoms with Gasteiger partial charge in [-0.2, -0.15) is 0 Å². The maximum Gasteiger partial charge on any atom is 0.239 e. The van der Waals surface area contributed by atoms with Crippen LogP contribution in [0.3, 0.4) is 0 Å². The molecule has 0 spiro atoms. The molecule has 2 heterocycles. The summed E-state index contributed by atoms with van der Waals surface area (Å²) < 4.78 is 0. The van der Waals surface area contributed by atoms with Crippen LogP contribution in [0.15, 0.2) is 11.6 Å². The molecule has 0 aromatic carbocycles. The van der Waals surface area contributed by atoms with E-state index in [0.717, 1.165) is 37.7 Å².